The van der Waals surface area contributed by atoms with E-state index in [1.54, 1.807) is 12.1 Å². The number of rotatable bonds is 12. The average Bonchev–Trinajstić information content (AvgIpc) is 3.05. The number of allylic oxidation sites excluding steroid dienone is 3. The summed E-state index contributed by atoms with van der Waals surface area (Å²) in [6, 6.07) is 20.5. The molecule has 0 bridgehead atoms. The second-order valence-corrected chi connectivity index (χ2v) is 16.8. The van der Waals surface area contributed by atoms with Crippen LogP contribution in [0.3, 0.4) is 0 Å². The summed E-state index contributed by atoms with van der Waals surface area (Å²) in [5, 5.41) is 6.32. The van der Waals surface area contributed by atoms with Gasteiger partial charge in [-0.25, -0.2) is 0 Å². The van der Waals surface area contributed by atoms with Gasteiger partial charge < -0.3 is 10.6 Å². The fraction of sp³-hybridized carbons (Fsp3) is 0.415. The van der Waals surface area contributed by atoms with Crippen LogP contribution >= 0.6 is 11.6 Å². The van der Waals surface area contributed by atoms with Crippen molar-refractivity contribution in [3.8, 4) is 11.1 Å². The Balaban J connectivity index is 1.51. The molecule has 2 amide bonds. The molecule has 0 aliphatic heterocycles. The molecule has 3 aromatic rings. The van der Waals surface area contributed by atoms with Crippen LogP contribution in [0.2, 0.25) is 5.02 Å². The summed E-state index contributed by atoms with van der Waals surface area (Å²) in [5.74, 6) is -0.310. The summed E-state index contributed by atoms with van der Waals surface area (Å²) in [5.41, 5.74) is 7.72. The van der Waals surface area contributed by atoms with Crippen LogP contribution in [0.15, 0.2) is 90.0 Å². The molecule has 1 aliphatic carbocycles. The number of amides is 2. The molecule has 0 unspecified atom stereocenters. The lowest BCUT2D eigenvalue weighted by atomic mass is 9.68. The van der Waals surface area contributed by atoms with Crippen LogP contribution < -0.4 is 10.6 Å². The number of halogens is 1. The number of hydrogen-bond donors (Lipinski definition) is 3. The van der Waals surface area contributed by atoms with E-state index >= 15 is 0 Å². The van der Waals surface area contributed by atoms with Gasteiger partial charge in [-0.15, -0.1) is 0 Å². The lowest BCUT2D eigenvalue weighted by molar-refractivity contribution is -0.118. The van der Waals surface area contributed by atoms with E-state index in [9.17, 15) is 18.0 Å². The summed E-state index contributed by atoms with van der Waals surface area (Å²) in [4.78, 5) is 26.4. The van der Waals surface area contributed by atoms with Gasteiger partial charge in [0.15, 0.2) is 0 Å². The van der Waals surface area contributed by atoms with Crippen molar-refractivity contribution in [1.29, 1.82) is 0 Å². The van der Waals surface area contributed by atoms with Gasteiger partial charge in [-0.05, 0) is 129 Å². The van der Waals surface area contributed by atoms with E-state index in [2.05, 4.69) is 50.5 Å². The molecule has 9 heteroatoms. The maximum atomic E-state index is 13.9. The third-order valence-electron chi connectivity index (χ3n) is 10.0. The molecular formula is C41H51ClN2O5S. The van der Waals surface area contributed by atoms with Crippen molar-refractivity contribution in [2.24, 2.45) is 23.2 Å². The first-order chi connectivity index (χ1) is 23.5. The maximum Gasteiger partial charge on any atom is 0.266 e. The van der Waals surface area contributed by atoms with E-state index in [0.717, 1.165) is 33.7 Å². The zero-order valence-electron chi connectivity index (χ0n) is 30.1. The van der Waals surface area contributed by atoms with E-state index in [0.29, 0.717) is 34.0 Å². The molecule has 1 atom stereocenters. The highest BCUT2D eigenvalue weighted by Gasteiger charge is 2.30. The van der Waals surface area contributed by atoms with Crippen molar-refractivity contribution in [3.63, 3.8) is 0 Å². The van der Waals surface area contributed by atoms with Gasteiger partial charge in [-0.3, -0.25) is 14.1 Å². The van der Waals surface area contributed by atoms with E-state index in [-0.39, 0.29) is 12.5 Å². The Kier molecular flexibility index (Phi) is 13.3. The molecule has 1 aliphatic rings. The zero-order chi connectivity index (χ0) is 36.6. The van der Waals surface area contributed by atoms with Crippen molar-refractivity contribution >= 4 is 39.2 Å². The summed E-state index contributed by atoms with van der Waals surface area (Å²) in [7, 11) is -4.17. The van der Waals surface area contributed by atoms with Crippen LogP contribution in [0, 0.1) is 30.1 Å². The SMILES string of the molecule is C/C(=C\C=C(/C)[C@H]1CC[C@H](C(C)(C)C)CC1)[C@@H](Cc1ccc(C(=O)NCCS(=O)(=O)O)cc1)C(=O)Nc1ccc(-c2ccc(Cl)cc2C)cc1. The Morgan fingerprint density at radius 1 is 0.940 bits per heavy atom. The molecule has 0 aromatic heterocycles. The smallest absolute Gasteiger partial charge is 0.266 e. The number of benzene rings is 3. The lowest BCUT2D eigenvalue weighted by Crippen LogP contribution is -2.29. The minimum atomic E-state index is -4.17. The van der Waals surface area contributed by atoms with Crippen molar-refractivity contribution in [2.45, 2.75) is 73.6 Å². The Labute approximate surface area is 303 Å². The minimum Gasteiger partial charge on any atom is -0.351 e. The number of carbonyl (C=O) groups excluding carboxylic acids is 2. The Morgan fingerprint density at radius 2 is 1.58 bits per heavy atom. The van der Waals surface area contributed by atoms with Gasteiger partial charge in [0, 0.05) is 22.8 Å². The van der Waals surface area contributed by atoms with Crippen LogP contribution in [0.4, 0.5) is 5.69 Å². The highest BCUT2D eigenvalue weighted by Crippen LogP contribution is 2.41. The maximum absolute atomic E-state index is 13.9. The molecule has 7 nitrogen and oxygen atoms in total. The molecule has 0 saturated heterocycles. The zero-order valence-corrected chi connectivity index (χ0v) is 31.6. The second-order valence-electron chi connectivity index (χ2n) is 14.8. The van der Waals surface area contributed by atoms with Crippen LogP contribution in [-0.2, 0) is 21.3 Å². The molecule has 0 heterocycles. The van der Waals surface area contributed by atoms with Gasteiger partial charge in [-0.2, -0.15) is 8.42 Å². The number of hydrogen-bond acceptors (Lipinski definition) is 4. The Hall–Kier alpha value is -3.72. The number of aryl methyl sites for hydroxylation is 1. The quantitative estimate of drug-likeness (QED) is 0.128. The van der Waals surface area contributed by atoms with E-state index < -0.39 is 27.7 Å². The second kappa shape index (κ2) is 17.0. The summed E-state index contributed by atoms with van der Waals surface area (Å²) >= 11 is 6.15. The van der Waals surface area contributed by atoms with Crippen LogP contribution in [0.5, 0.6) is 0 Å². The first-order valence-electron chi connectivity index (χ1n) is 17.3. The van der Waals surface area contributed by atoms with Crippen LogP contribution in [-0.4, -0.2) is 37.1 Å². The van der Waals surface area contributed by atoms with Gasteiger partial charge in [0.2, 0.25) is 5.91 Å². The predicted molar refractivity (Wildman–Crippen MR) is 205 cm³/mol. The van der Waals surface area contributed by atoms with E-state index in [4.69, 9.17) is 16.2 Å². The largest absolute Gasteiger partial charge is 0.351 e. The monoisotopic (exact) mass is 718 g/mol. The fourth-order valence-corrected chi connectivity index (χ4v) is 7.31. The predicted octanol–water partition coefficient (Wildman–Crippen LogP) is 9.48. The molecule has 50 heavy (non-hydrogen) atoms. The molecular weight excluding hydrogens is 668 g/mol. The summed E-state index contributed by atoms with van der Waals surface area (Å²) in [6.07, 6.45) is 9.52. The standard InChI is InChI=1S/C41H51ClN2O5S/c1-27(31-13-17-34(18-14-31)41(4,5)6)7-8-28(2)38(26-30-9-11-33(12-10-30)39(45)43-23-24-50(47,48)49)40(46)44-36-20-15-32(16-21-36)37-22-19-35(42)25-29(37)3/h7-12,15-16,19-22,25,31,34,38H,13-14,17-18,23-24,26H2,1-6H3,(H,43,45)(H,44,46)(H,47,48,49)/b27-7+,28-8+/t31-,34-,38-/m1/s1. The average molecular weight is 719 g/mol. The normalized spacial score (nSPS) is 18.0. The molecule has 268 valence electrons. The molecule has 4 rings (SSSR count). The lowest BCUT2D eigenvalue weighted by Gasteiger charge is -2.37. The van der Waals surface area contributed by atoms with E-state index in [1.165, 1.54) is 31.3 Å². The van der Waals surface area contributed by atoms with Crippen molar-refractivity contribution in [2.75, 3.05) is 17.6 Å². The topological polar surface area (TPSA) is 113 Å². The first kappa shape index (κ1) is 39.1. The molecule has 0 radical (unpaired) electrons. The molecule has 1 fully saturated rings. The number of anilines is 1. The van der Waals surface area contributed by atoms with Gasteiger partial charge in [-0.1, -0.05) is 86.0 Å². The molecule has 1 saturated carbocycles. The Bertz CT molecular complexity index is 1820. The first-order valence-corrected chi connectivity index (χ1v) is 19.3. The van der Waals surface area contributed by atoms with Crippen molar-refractivity contribution in [3.05, 3.63) is 112 Å². The van der Waals surface area contributed by atoms with Gasteiger partial charge in [0.1, 0.15) is 0 Å². The third-order valence-corrected chi connectivity index (χ3v) is 11.0. The summed E-state index contributed by atoms with van der Waals surface area (Å²) in [6.45, 7) is 13.0. The van der Waals surface area contributed by atoms with E-state index in [1.807, 2.05) is 68.4 Å². The highest BCUT2D eigenvalue weighted by molar-refractivity contribution is 7.85. The fourth-order valence-electron chi connectivity index (χ4n) is 6.73. The van der Waals surface area contributed by atoms with Gasteiger partial charge >= 0.3 is 0 Å². The number of nitrogens with one attached hydrogen (secondary N) is 2. The minimum absolute atomic E-state index is 0.127. The van der Waals surface area contributed by atoms with Gasteiger partial charge in [0.05, 0.1) is 11.7 Å². The van der Waals surface area contributed by atoms with Crippen molar-refractivity contribution < 1.29 is 22.6 Å². The summed E-state index contributed by atoms with van der Waals surface area (Å²) < 4.78 is 30.9. The van der Waals surface area contributed by atoms with Crippen LogP contribution in [0.25, 0.3) is 11.1 Å². The molecule has 3 aromatic carbocycles. The van der Waals surface area contributed by atoms with Gasteiger partial charge in [0.25, 0.3) is 16.0 Å². The van der Waals surface area contributed by atoms with Crippen LogP contribution in [0.1, 0.15) is 81.8 Å². The van der Waals surface area contributed by atoms with Crippen molar-refractivity contribution in [1.82, 2.24) is 5.32 Å². The Morgan fingerprint density at radius 3 is 2.16 bits per heavy atom. The third kappa shape index (κ3) is 11.4. The number of carbonyl (C=O) groups is 2. The highest BCUT2D eigenvalue weighted by atomic mass is 35.5. The molecule has 0 spiro atoms. The molecule has 3 N–H and O–H groups in total.